The summed E-state index contributed by atoms with van der Waals surface area (Å²) in [6, 6.07) is 0.184. The van der Waals surface area contributed by atoms with Gasteiger partial charge < -0.3 is 5.11 Å². The quantitative estimate of drug-likeness (QED) is 0.0552. The number of nitrogens with zero attached hydrogens (tertiary/aromatic N) is 2. The molecule has 0 radical (unpaired) electrons. The van der Waals surface area contributed by atoms with Crippen molar-refractivity contribution in [2.75, 3.05) is 13.2 Å². The van der Waals surface area contributed by atoms with Crippen LogP contribution in [0.4, 0.5) is 0 Å². The van der Waals surface area contributed by atoms with Gasteiger partial charge in [0.25, 0.3) is 0 Å². The summed E-state index contributed by atoms with van der Waals surface area (Å²) in [4.78, 5) is 26.8. The van der Waals surface area contributed by atoms with Crippen LogP contribution in [0.5, 0.6) is 0 Å². The molecule has 1 N–H and O–H groups in total. The van der Waals surface area contributed by atoms with Gasteiger partial charge in [0.15, 0.2) is 12.6 Å². The highest BCUT2D eigenvalue weighted by atomic mass is 16.3. The molecule has 5 nitrogen and oxygen atoms in total. The first kappa shape index (κ1) is 36.7. The molecule has 0 bridgehead atoms. The lowest BCUT2D eigenvalue weighted by Crippen LogP contribution is -2.44. The van der Waals surface area contributed by atoms with Crippen LogP contribution < -0.4 is 0 Å². The Morgan fingerprint density at radius 1 is 0.800 bits per heavy atom. The summed E-state index contributed by atoms with van der Waals surface area (Å²) in [5.41, 5.74) is 0.0451. The van der Waals surface area contributed by atoms with Crippen molar-refractivity contribution in [3.05, 3.63) is 0 Å². The van der Waals surface area contributed by atoms with Crippen molar-refractivity contribution in [3.8, 4) is 0 Å². The maximum absolute atomic E-state index is 11.9. The fourth-order valence-corrected chi connectivity index (χ4v) is 7.36. The molecule has 0 heterocycles. The fraction of sp³-hybridized carbons (Fsp3) is 0.943. The molecule has 0 saturated heterocycles. The van der Waals surface area contributed by atoms with E-state index in [2.05, 4.69) is 45.7 Å². The van der Waals surface area contributed by atoms with E-state index in [0.29, 0.717) is 19.1 Å². The van der Waals surface area contributed by atoms with E-state index in [-0.39, 0.29) is 22.9 Å². The molecular weight excluding hydrogens is 496 g/mol. The summed E-state index contributed by atoms with van der Waals surface area (Å²) in [6.07, 6.45) is 29.7. The van der Waals surface area contributed by atoms with E-state index in [0.717, 1.165) is 32.1 Å². The van der Waals surface area contributed by atoms with Gasteiger partial charge in [-0.1, -0.05) is 118 Å². The minimum atomic E-state index is -0.0542. The first-order valence-electron chi connectivity index (χ1n) is 17.0. The highest BCUT2D eigenvalue weighted by Crippen LogP contribution is 2.47. The zero-order valence-corrected chi connectivity index (χ0v) is 27.2. The van der Waals surface area contributed by atoms with E-state index in [9.17, 15) is 14.7 Å². The van der Waals surface area contributed by atoms with Gasteiger partial charge in [0, 0.05) is 18.4 Å². The van der Waals surface area contributed by atoms with Gasteiger partial charge in [-0.25, -0.2) is 9.79 Å². The maximum atomic E-state index is 11.9. The third-order valence-electron chi connectivity index (χ3n) is 9.32. The first-order valence-corrected chi connectivity index (χ1v) is 17.0. The Morgan fingerprint density at radius 3 is 1.77 bits per heavy atom. The minimum Gasteiger partial charge on any atom is -0.396 e. The van der Waals surface area contributed by atoms with E-state index >= 15 is 0 Å². The van der Waals surface area contributed by atoms with E-state index in [1.54, 1.807) is 6.08 Å². The Kier molecular flexibility index (Phi) is 19.7. The molecule has 1 rings (SSSR count). The minimum absolute atomic E-state index is 0.000474. The molecule has 5 heteroatoms. The maximum Gasteiger partial charge on any atom is 0.424 e. The molecule has 1 saturated carbocycles. The Hall–Kier alpha value is -1.28. The van der Waals surface area contributed by atoms with Crippen molar-refractivity contribution >= 4 is 12.2 Å². The smallest absolute Gasteiger partial charge is 0.396 e. The highest BCUT2D eigenvalue weighted by molar-refractivity contribution is 5.33. The van der Waals surface area contributed by atoms with Crippen LogP contribution in [0.3, 0.4) is 0 Å². The molecule has 1 fully saturated rings. The first-order chi connectivity index (χ1) is 19.2. The molecule has 4 atom stereocenters. The molecule has 0 aromatic carbocycles. The van der Waals surface area contributed by atoms with Crippen molar-refractivity contribution in [3.63, 3.8) is 0 Å². The number of aliphatic hydroxyl groups excluding tert-OH is 1. The number of aliphatic hydroxyl groups is 1. The van der Waals surface area contributed by atoms with Crippen molar-refractivity contribution < 1.29 is 19.3 Å². The molecule has 0 aromatic heterocycles. The number of isocyanates is 2. The van der Waals surface area contributed by atoms with Crippen LogP contribution in [0.25, 0.3) is 0 Å². The van der Waals surface area contributed by atoms with Crippen LogP contribution in [-0.4, -0.2) is 47.1 Å². The largest absolute Gasteiger partial charge is 0.424 e. The Bertz CT molecular complexity index is 754. The van der Waals surface area contributed by atoms with E-state index in [4.69, 9.17) is 0 Å². The zero-order chi connectivity index (χ0) is 29.7. The monoisotopic (exact) mass is 561 g/mol. The lowest BCUT2D eigenvalue weighted by molar-refractivity contribution is -0.575. The van der Waals surface area contributed by atoms with Crippen LogP contribution in [0.2, 0.25) is 0 Å². The van der Waals surface area contributed by atoms with Crippen LogP contribution in [0.15, 0.2) is 4.99 Å². The van der Waals surface area contributed by atoms with Crippen molar-refractivity contribution in [2.45, 2.75) is 182 Å². The topological polar surface area (TPSA) is 69.7 Å². The van der Waals surface area contributed by atoms with Crippen molar-refractivity contribution in [1.82, 2.24) is 0 Å². The fourth-order valence-electron chi connectivity index (χ4n) is 7.36. The molecule has 40 heavy (non-hydrogen) atoms. The Morgan fingerprint density at radius 2 is 1.30 bits per heavy atom. The van der Waals surface area contributed by atoms with Crippen LogP contribution in [0, 0.1) is 16.7 Å². The van der Waals surface area contributed by atoms with Crippen molar-refractivity contribution in [1.29, 1.82) is 0 Å². The normalized spacial score (nSPS) is 21.8. The second kappa shape index (κ2) is 21.4. The SMILES string of the molecule is CCCCCCCCCCC(CO)CCCCCCCCCC(C)[N+](=C=O)CC1(C)CC(N=C=O)CC(C)(C)C1. The summed E-state index contributed by atoms with van der Waals surface area (Å²) < 4.78 is 1.87. The molecule has 1 aliphatic rings. The van der Waals surface area contributed by atoms with Gasteiger partial charge in [-0.2, -0.15) is 9.37 Å². The van der Waals surface area contributed by atoms with Gasteiger partial charge in [0.05, 0.1) is 6.04 Å². The highest BCUT2D eigenvalue weighted by Gasteiger charge is 2.44. The predicted molar refractivity (Wildman–Crippen MR) is 167 cm³/mol. The summed E-state index contributed by atoms with van der Waals surface area (Å²) in [7, 11) is 0. The van der Waals surface area contributed by atoms with Gasteiger partial charge >= 0.3 is 6.08 Å². The molecule has 0 aromatic rings. The summed E-state index contributed by atoms with van der Waals surface area (Å²) in [6.45, 7) is 12.2. The van der Waals surface area contributed by atoms with Crippen molar-refractivity contribution in [2.24, 2.45) is 21.7 Å². The van der Waals surface area contributed by atoms with E-state index in [1.807, 2.05) is 4.58 Å². The number of hydrogen-bond acceptors (Lipinski definition) is 4. The van der Waals surface area contributed by atoms with E-state index in [1.165, 1.54) is 103 Å². The number of rotatable bonds is 24. The van der Waals surface area contributed by atoms with Gasteiger partial charge in [-0.3, -0.25) is 0 Å². The molecule has 4 unspecified atom stereocenters. The summed E-state index contributed by atoms with van der Waals surface area (Å²) >= 11 is 0. The second-order valence-electron chi connectivity index (χ2n) is 14.4. The summed E-state index contributed by atoms with van der Waals surface area (Å²) in [5, 5.41) is 9.74. The number of unbranched alkanes of at least 4 members (excludes halogenated alkanes) is 13. The molecule has 0 amide bonds. The third kappa shape index (κ3) is 16.9. The predicted octanol–water partition coefficient (Wildman–Crippen LogP) is 9.29. The molecule has 1 aliphatic carbocycles. The third-order valence-corrected chi connectivity index (χ3v) is 9.32. The lowest BCUT2D eigenvalue weighted by atomic mass is 9.62. The average Bonchev–Trinajstić information content (AvgIpc) is 2.90. The Balaban J connectivity index is 2.15. The standard InChI is InChI=1S/C35H65N2O3/c1-6-7-8-9-10-13-16-19-22-32(26-38)23-20-17-14-11-12-15-18-21-31(2)37(30-40)28-35(5)25-33(36-29-39)24-34(3,4)27-35/h31-33,38H,6-28H2,1-5H3/q+1. The van der Waals surface area contributed by atoms with Gasteiger partial charge in [-0.15, -0.1) is 0 Å². The van der Waals surface area contributed by atoms with Crippen LogP contribution in [-0.2, 0) is 9.59 Å². The molecule has 0 aliphatic heterocycles. The van der Waals surface area contributed by atoms with Gasteiger partial charge in [0.2, 0.25) is 6.08 Å². The Labute approximate surface area is 247 Å². The summed E-state index contributed by atoms with van der Waals surface area (Å²) in [5.74, 6) is 0.504. The average molecular weight is 562 g/mol. The van der Waals surface area contributed by atoms with Crippen LogP contribution >= 0.6 is 0 Å². The molecule has 0 spiro atoms. The lowest BCUT2D eigenvalue weighted by Gasteiger charge is -2.43. The van der Waals surface area contributed by atoms with E-state index < -0.39 is 0 Å². The molecule has 232 valence electrons. The number of aliphatic imine (C=N–C) groups is 1. The second-order valence-corrected chi connectivity index (χ2v) is 14.4. The molecular formula is C35H65N2O3+. The number of hydrogen-bond donors (Lipinski definition) is 1. The van der Waals surface area contributed by atoms with Gasteiger partial charge in [-0.05, 0) is 56.8 Å². The van der Waals surface area contributed by atoms with Crippen LogP contribution in [0.1, 0.15) is 169 Å². The van der Waals surface area contributed by atoms with Gasteiger partial charge in [0.1, 0.15) is 0 Å². The number of carbonyl (C=O) groups excluding carboxylic acids is 2. The zero-order valence-electron chi connectivity index (χ0n) is 27.2.